The van der Waals surface area contributed by atoms with E-state index >= 15 is 0 Å². The van der Waals surface area contributed by atoms with Crippen LogP contribution in [0.2, 0.25) is 0 Å². The molecular weight excluding hydrogens is 306 g/mol. The van der Waals surface area contributed by atoms with Crippen molar-refractivity contribution in [2.24, 2.45) is 0 Å². The Morgan fingerprint density at radius 3 is 2.64 bits per heavy atom. The van der Waals surface area contributed by atoms with Crippen LogP contribution in [0, 0.1) is 10.1 Å². The highest BCUT2D eigenvalue weighted by molar-refractivity contribution is 7.89. The van der Waals surface area contributed by atoms with Crippen LogP contribution in [0.5, 0.6) is 0 Å². The Labute approximate surface area is 128 Å². The van der Waals surface area contributed by atoms with Gasteiger partial charge in [0.2, 0.25) is 0 Å². The summed E-state index contributed by atoms with van der Waals surface area (Å²) in [7, 11) is -3.93. The molecule has 0 N–H and O–H groups in total. The van der Waals surface area contributed by atoms with E-state index < -0.39 is 20.6 Å². The fourth-order valence-electron chi connectivity index (χ4n) is 2.84. The molecule has 2 heterocycles. The van der Waals surface area contributed by atoms with Gasteiger partial charge in [0.1, 0.15) is 0 Å². The summed E-state index contributed by atoms with van der Waals surface area (Å²) >= 11 is 0. The zero-order valence-electron chi connectivity index (χ0n) is 11.9. The van der Waals surface area contributed by atoms with Crippen LogP contribution in [-0.4, -0.2) is 28.8 Å². The molecule has 1 aliphatic heterocycles. The van der Waals surface area contributed by atoms with Crippen LogP contribution in [-0.2, 0) is 16.6 Å². The number of rotatable bonds is 3. The molecule has 1 atom stereocenters. The van der Waals surface area contributed by atoms with Gasteiger partial charge in [-0.1, -0.05) is 12.1 Å². The van der Waals surface area contributed by atoms with Crippen LogP contribution in [0.1, 0.15) is 18.7 Å². The third-order valence-corrected chi connectivity index (χ3v) is 5.95. The van der Waals surface area contributed by atoms with E-state index in [2.05, 4.69) is 0 Å². The van der Waals surface area contributed by atoms with Gasteiger partial charge >= 0.3 is 0 Å². The lowest BCUT2D eigenvalue weighted by Crippen LogP contribution is -2.40. The molecule has 0 radical (unpaired) electrons. The van der Waals surface area contributed by atoms with E-state index in [9.17, 15) is 18.5 Å². The Morgan fingerprint density at radius 2 is 1.91 bits per heavy atom. The number of nitro groups is 1. The van der Waals surface area contributed by atoms with Crippen LogP contribution in [0.3, 0.4) is 0 Å². The number of aromatic nitrogens is 1. The van der Waals surface area contributed by atoms with Gasteiger partial charge in [-0.2, -0.15) is 4.31 Å². The first-order chi connectivity index (χ1) is 10.4. The minimum Gasteiger partial charge on any atom is -0.349 e. The summed E-state index contributed by atoms with van der Waals surface area (Å²) in [5, 5.41) is 11.1. The lowest BCUT2D eigenvalue weighted by Gasteiger charge is -2.33. The highest BCUT2D eigenvalue weighted by Crippen LogP contribution is 2.34. The molecule has 0 spiro atoms. The van der Waals surface area contributed by atoms with Crippen molar-refractivity contribution in [1.82, 2.24) is 8.87 Å². The van der Waals surface area contributed by atoms with Crippen LogP contribution in [0.25, 0.3) is 0 Å². The molecule has 116 valence electrons. The van der Waals surface area contributed by atoms with Crippen molar-refractivity contribution in [3.8, 4) is 0 Å². The third-order valence-electron chi connectivity index (χ3n) is 3.93. The van der Waals surface area contributed by atoms with Crippen LogP contribution < -0.4 is 0 Å². The highest BCUT2D eigenvalue weighted by atomic mass is 32.2. The predicted molar refractivity (Wildman–Crippen MR) is 79.8 cm³/mol. The van der Waals surface area contributed by atoms with E-state index in [1.165, 1.54) is 28.6 Å². The first kappa shape index (κ1) is 14.7. The SMILES string of the molecule is CC1c2cccn2CCN1S(=O)(=O)c1ccccc1[N+](=O)[O-]. The van der Waals surface area contributed by atoms with E-state index in [1.54, 1.807) is 6.92 Å². The van der Waals surface area contributed by atoms with Gasteiger partial charge in [-0.25, -0.2) is 8.42 Å². The second-order valence-corrected chi connectivity index (χ2v) is 7.00. The Balaban J connectivity index is 2.07. The first-order valence-electron chi connectivity index (χ1n) is 6.83. The molecule has 1 aromatic heterocycles. The van der Waals surface area contributed by atoms with Gasteiger partial charge in [0.05, 0.1) is 11.0 Å². The average molecular weight is 321 g/mol. The maximum absolute atomic E-state index is 12.9. The molecule has 0 fully saturated rings. The molecule has 2 aromatic rings. The topological polar surface area (TPSA) is 85.5 Å². The predicted octanol–water partition coefficient (Wildman–Crippen LogP) is 2.16. The molecule has 1 unspecified atom stereocenters. The van der Waals surface area contributed by atoms with Crippen molar-refractivity contribution in [1.29, 1.82) is 0 Å². The zero-order valence-corrected chi connectivity index (χ0v) is 12.7. The van der Waals surface area contributed by atoms with E-state index in [0.29, 0.717) is 6.54 Å². The number of hydrogen-bond donors (Lipinski definition) is 0. The van der Waals surface area contributed by atoms with Crippen molar-refractivity contribution in [3.05, 3.63) is 58.4 Å². The fraction of sp³-hybridized carbons (Fsp3) is 0.286. The van der Waals surface area contributed by atoms with Crippen molar-refractivity contribution in [2.75, 3.05) is 6.54 Å². The van der Waals surface area contributed by atoms with Crippen molar-refractivity contribution >= 4 is 15.7 Å². The average Bonchev–Trinajstić information content (AvgIpc) is 2.96. The van der Waals surface area contributed by atoms with Gasteiger partial charge < -0.3 is 4.57 Å². The van der Waals surface area contributed by atoms with Gasteiger partial charge in [-0.05, 0) is 25.1 Å². The molecular formula is C14H15N3O4S. The van der Waals surface area contributed by atoms with Crippen LogP contribution in [0.4, 0.5) is 5.69 Å². The van der Waals surface area contributed by atoms with E-state index in [4.69, 9.17) is 0 Å². The Bertz CT molecular complexity index is 828. The maximum atomic E-state index is 12.9. The second kappa shape index (κ2) is 5.22. The second-order valence-electron chi connectivity index (χ2n) is 5.14. The van der Waals surface area contributed by atoms with Crippen molar-refractivity contribution in [2.45, 2.75) is 24.4 Å². The fourth-order valence-corrected chi connectivity index (χ4v) is 4.59. The molecule has 1 aliphatic rings. The number of fused-ring (bicyclic) bond motifs is 1. The third kappa shape index (κ3) is 2.20. The van der Waals surface area contributed by atoms with Gasteiger partial charge in [0.15, 0.2) is 4.90 Å². The largest absolute Gasteiger partial charge is 0.349 e. The molecule has 0 bridgehead atoms. The summed E-state index contributed by atoms with van der Waals surface area (Å²) in [4.78, 5) is 10.2. The normalized spacial score (nSPS) is 18.9. The molecule has 1 aromatic carbocycles. The smallest absolute Gasteiger partial charge is 0.289 e. The molecule has 0 amide bonds. The summed E-state index contributed by atoms with van der Waals surface area (Å²) in [6.45, 7) is 2.61. The molecule has 7 nitrogen and oxygen atoms in total. The summed E-state index contributed by atoms with van der Waals surface area (Å²) in [6.07, 6.45) is 1.90. The molecule has 0 saturated carbocycles. The van der Waals surface area contributed by atoms with Gasteiger partial charge in [-0.3, -0.25) is 10.1 Å². The summed E-state index contributed by atoms with van der Waals surface area (Å²) < 4.78 is 29.1. The Morgan fingerprint density at radius 1 is 1.18 bits per heavy atom. The summed E-state index contributed by atoms with van der Waals surface area (Å²) in [6, 6.07) is 8.82. The van der Waals surface area contributed by atoms with E-state index in [-0.39, 0.29) is 17.5 Å². The summed E-state index contributed by atoms with van der Waals surface area (Å²) in [5.41, 5.74) is 0.490. The highest BCUT2D eigenvalue weighted by Gasteiger charge is 2.37. The minimum atomic E-state index is -3.93. The van der Waals surface area contributed by atoms with Gasteiger partial charge in [-0.15, -0.1) is 0 Å². The number of hydrogen-bond acceptors (Lipinski definition) is 4. The summed E-state index contributed by atoms with van der Waals surface area (Å²) in [5.74, 6) is 0. The number of para-hydroxylation sites is 1. The quantitative estimate of drug-likeness (QED) is 0.640. The van der Waals surface area contributed by atoms with Crippen molar-refractivity contribution in [3.63, 3.8) is 0 Å². The molecule has 22 heavy (non-hydrogen) atoms. The van der Waals surface area contributed by atoms with Crippen LogP contribution in [0.15, 0.2) is 47.5 Å². The molecule has 3 rings (SSSR count). The van der Waals surface area contributed by atoms with Crippen molar-refractivity contribution < 1.29 is 13.3 Å². The monoisotopic (exact) mass is 321 g/mol. The number of nitrogens with zero attached hydrogens (tertiary/aromatic N) is 3. The van der Waals surface area contributed by atoms with Crippen LogP contribution >= 0.6 is 0 Å². The number of benzene rings is 1. The lowest BCUT2D eigenvalue weighted by atomic mass is 10.2. The van der Waals surface area contributed by atoms with E-state index in [1.807, 2.05) is 22.9 Å². The standard InChI is InChI=1S/C14H15N3O4S/c1-11-12-6-4-8-15(12)9-10-16(11)22(20,21)14-7-3-2-5-13(14)17(18)19/h2-8,11H,9-10H2,1H3. The molecule has 8 heteroatoms. The van der Waals surface area contributed by atoms with E-state index in [0.717, 1.165) is 5.69 Å². The Hall–Kier alpha value is -2.19. The van der Waals surface area contributed by atoms with Gasteiger partial charge in [0.25, 0.3) is 15.7 Å². The molecule has 0 aliphatic carbocycles. The first-order valence-corrected chi connectivity index (χ1v) is 8.27. The van der Waals surface area contributed by atoms with Gasteiger partial charge in [0, 0.05) is 31.0 Å². The molecule has 0 saturated heterocycles. The minimum absolute atomic E-state index is 0.258. The number of nitro benzene ring substituents is 1. The maximum Gasteiger partial charge on any atom is 0.289 e. The Kier molecular flexibility index (Phi) is 3.50. The number of sulfonamides is 1. The lowest BCUT2D eigenvalue weighted by molar-refractivity contribution is -0.387. The zero-order chi connectivity index (χ0) is 15.9.